The molecule has 0 aromatic heterocycles. The minimum Gasteiger partial charge on any atom is -0.353 e. The normalized spacial score (nSPS) is 16.2. The molecule has 2 aliphatic heterocycles. The van der Waals surface area contributed by atoms with E-state index in [1.165, 1.54) is 6.92 Å². The zero-order chi connectivity index (χ0) is 24.6. The van der Waals surface area contributed by atoms with Crippen LogP contribution >= 0.6 is 11.6 Å². The van der Waals surface area contributed by atoms with Gasteiger partial charge in [-0.25, -0.2) is 9.58 Å². The van der Waals surface area contributed by atoms with E-state index in [1.54, 1.807) is 24.3 Å². The molecule has 3 aromatic rings. The van der Waals surface area contributed by atoms with Gasteiger partial charge >= 0.3 is 0 Å². The Morgan fingerprint density at radius 1 is 0.971 bits per heavy atom. The van der Waals surface area contributed by atoms with Crippen LogP contribution in [0.4, 0.5) is 17.1 Å². The number of Topliss-reactive ketones (excluding diaryl/α,β-unsaturated/α-hetero) is 1. The largest absolute Gasteiger partial charge is 0.353 e. The van der Waals surface area contributed by atoms with Crippen LogP contribution in [0.2, 0.25) is 5.02 Å². The number of aliphatic imine (C=N–C) groups is 1. The number of anilines is 2. The molecule has 0 unspecified atom stereocenters. The molecule has 7 nitrogen and oxygen atoms in total. The van der Waals surface area contributed by atoms with Gasteiger partial charge in [0.05, 0.1) is 37.1 Å². The van der Waals surface area contributed by atoms with Crippen LogP contribution in [0.3, 0.4) is 0 Å². The quantitative estimate of drug-likeness (QED) is 0.411. The van der Waals surface area contributed by atoms with Crippen LogP contribution in [0.5, 0.6) is 0 Å². The van der Waals surface area contributed by atoms with Gasteiger partial charge in [-0.3, -0.25) is 9.59 Å². The third kappa shape index (κ3) is 4.65. The average molecular weight is 489 g/mol. The first-order valence-corrected chi connectivity index (χ1v) is 12.0. The number of amides is 1. The first kappa shape index (κ1) is 23.1. The van der Waals surface area contributed by atoms with Crippen molar-refractivity contribution < 1.29 is 14.2 Å². The number of carbonyl (C=O) groups is 2. The molecule has 3 aromatic carbocycles. The summed E-state index contributed by atoms with van der Waals surface area (Å²) < 4.78 is 0.372. The van der Waals surface area contributed by atoms with Gasteiger partial charge in [0, 0.05) is 21.8 Å². The van der Waals surface area contributed by atoms with Crippen LogP contribution in [0, 0.1) is 0 Å². The summed E-state index contributed by atoms with van der Waals surface area (Å²) >= 11 is 6.27. The second kappa shape index (κ2) is 9.17. The Morgan fingerprint density at radius 3 is 2.40 bits per heavy atom. The molecule has 0 radical (unpaired) electrons. The lowest BCUT2D eigenvalue weighted by Crippen LogP contribution is -2.66. The van der Waals surface area contributed by atoms with E-state index in [-0.39, 0.29) is 11.7 Å². The standard InChI is InChI=1S/C27H26ClN5O2/c1-18(34)20-7-3-4-8-21(20)27(35)31-33(2)15-13-32(14-16-33)26-22-9-5-6-10-23(22)29-24-12-11-19(28)17-25(24)30-26/h3-12,17H,13-16H2,1-2H3,(H-,29,30,31,35)/p+1. The number of halogens is 1. The Hall–Kier alpha value is -3.68. The molecule has 0 aliphatic carbocycles. The second-order valence-corrected chi connectivity index (χ2v) is 9.58. The highest BCUT2D eigenvalue weighted by atomic mass is 35.5. The fraction of sp³-hybridized carbons (Fsp3) is 0.222. The summed E-state index contributed by atoms with van der Waals surface area (Å²) in [5, 5.41) is 4.12. The minimum atomic E-state index is -0.239. The maximum Gasteiger partial charge on any atom is 0.296 e. The van der Waals surface area contributed by atoms with Crippen molar-refractivity contribution in [2.45, 2.75) is 6.92 Å². The number of likely N-dealkylation sites (N-methyl/N-ethyl adjacent to an activating group) is 1. The first-order valence-electron chi connectivity index (χ1n) is 11.6. The van der Waals surface area contributed by atoms with Gasteiger partial charge in [-0.2, -0.15) is 5.43 Å². The van der Waals surface area contributed by atoms with Gasteiger partial charge in [0.2, 0.25) is 0 Å². The van der Waals surface area contributed by atoms with Gasteiger partial charge in [0.1, 0.15) is 18.9 Å². The highest BCUT2D eigenvalue weighted by Crippen LogP contribution is 2.36. The zero-order valence-corrected chi connectivity index (χ0v) is 20.5. The lowest BCUT2D eigenvalue weighted by atomic mass is 10.0. The Morgan fingerprint density at radius 2 is 1.66 bits per heavy atom. The zero-order valence-electron chi connectivity index (χ0n) is 19.7. The predicted octanol–water partition coefficient (Wildman–Crippen LogP) is 4.79. The van der Waals surface area contributed by atoms with Crippen molar-refractivity contribution in [3.63, 3.8) is 0 Å². The number of hydrogen-bond donors (Lipinski definition) is 2. The van der Waals surface area contributed by atoms with Gasteiger partial charge in [0.25, 0.3) is 5.91 Å². The highest BCUT2D eigenvalue weighted by molar-refractivity contribution is 6.31. The number of ketones is 1. The minimum absolute atomic E-state index is 0.123. The molecular weight excluding hydrogens is 462 g/mol. The van der Waals surface area contributed by atoms with Crippen molar-refractivity contribution >= 4 is 46.2 Å². The van der Waals surface area contributed by atoms with Crippen LogP contribution in [0.1, 0.15) is 33.2 Å². The molecule has 2 heterocycles. The molecule has 0 saturated carbocycles. The van der Waals surface area contributed by atoms with E-state index in [1.807, 2.05) is 43.4 Å². The number of piperazine rings is 1. The molecule has 0 spiro atoms. The molecule has 8 heteroatoms. The van der Waals surface area contributed by atoms with E-state index in [4.69, 9.17) is 16.6 Å². The van der Waals surface area contributed by atoms with Crippen molar-refractivity contribution in [3.05, 3.63) is 88.4 Å². The predicted molar refractivity (Wildman–Crippen MR) is 139 cm³/mol. The van der Waals surface area contributed by atoms with Crippen LogP contribution in [-0.2, 0) is 0 Å². The summed E-state index contributed by atoms with van der Waals surface area (Å²) in [6.07, 6.45) is 0. The number of hydrogen-bond acceptors (Lipinski definition) is 5. The number of nitrogens with zero attached hydrogens (tertiary/aromatic N) is 3. The van der Waals surface area contributed by atoms with Gasteiger partial charge in [-0.1, -0.05) is 41.9 Å². The molecule has 35 heavy (non-hydrogen) atoms. The lowest BCUT2D eigenvalue weighted by Gasteiger charge is -2.42. The maximum absolute atomic E-state index is 13.1. The van der Waals surface area contributed by atoms with Gasteiger partial charge in [0.15, 0.2) is 5.78 Å². The van der Waals surface area contributed by atoms with Crippen LogP contribution in [0.15, 0.2) is 71.7 Å². The Labute approximate surface area is 209 Å². The van der Waals surface area contributed by atoms with Crippen LogP contribution in [0.25, 0.3) is 0 Å². The molecule has 0 bridgehead atoms. The maximum atomic E-state index is 13.1. The monoisotopic (exact) mass is 488 g/mol. The van der Waals surface area contributed by atoms with Crippen molar-refractivity contribution in [2.24, 2.45) is 4.99 Å². The van der Waals surface area contributed by atoms with E-state index >= 15 is 0 Å². The molecular formula is C27H27ClN5O2+. The van der Waals surface area contributed by atoms with E-state index in [2.05, 4.69) is 21.7 Å². The van der Waals surface area contributed by atoms with Crippen LogP contribution in [-0.4, -0.2) is 60.2 Å². The summed E-state index contributed by atoms with van der Waals surface area (Å²) in [6, 6.07) is 20.7. The van der Waals surface area contributed by atoms with Gasteiger partial charge in [-0.05, 0) is 43.3 Å². The van der Waals surface area contributed by atoms with Crippen molar-refractivity contribution in [3.8, 4) is 0 Å². The molecule has 0 atom stereocenters. The summed E-state index contributed by atoms with van der Waals surface area (Å²) in [7, 11) is 2.01. The smallest absolute Gasteiger partial charge is 0.296 e. The summed E-state index contributed by atoms with van der Waals surface area (Å²) in [4.78, 5) is 32.3. The molecule has 2 N–H and O–H groups in total. The Balaban J connectivity index is 1.38. The average Bonchev–Trinajstić information content (AvgIpc) is 3.01. The third-order valence-electron chi connectivity index (χ3n) is 6.57. The molecule has 2 aliphatic rings. The molecule has 5 rings (SSSR count). The number of nitrogens with one attached hydrogen (secondary N) is 2. The van der Waals surface area contributed by atoms with Crippen molar-refractivity contribution in [1.29, 1.82) is 0 Å². The SMILES string of the molecule is CC(=O)c1ccccc1C(=O)N[N+]1(C)CCN(C2=Nc3cc(Cl)ccc3Nc3ccccc32)CC1. The second-order valence-electron chi connectivity index (χ2n) is 9.14. The lowest BCUT2D eigenvalue weighted by molar-refractivity contribution is -0.946. The topological polar surface area (TPSA) is 73.8 Å². The fourth-order valence-electron chi connectivity index (χ4n) is 4.57. The van der Waals surface area contributed by atoms with Gasteiger partial charge in [-0.15, -0.1) is 0 Å². The van der Waals surface area contributed by atoms with E-state index in [9.17, 15) is 9.59 Å². The Kier molecular flexibility index (Phi) is 6.05. The van der Waals surface area contributed by atoms with E-state index < -0.39 is 0 Å². The summed E-state index contributed by atoms with van der Waals surface area (Å²) in [5.74, 6) is 0.521. The number of fused-ring (bicyclic) bond motifs is 2. The van der Waals surface area contributed by atoms with E-state index in [0.29, 0.717) is 46.9 Å². The molecule has 178 valence electrons. The number of carbonyl (C=O) groups excluding carboxylic acids is 2. The third-order valence-corrected chi connectivity index (χ3v) is 6.81. The van der Waals surface area contributed by atoms with Crippen molar-refractivity contribution in [1.82, 2.24) is 10.3 Å². The highest BCUT2D eigenvalue weighted by Gasteiger charge is 2.34. The molecule has 1 amide bonds. The number of para-hydroxylation sites is 1. The van der Waals surface area contributed by atoms with E-state index in [0.717, 1.165) is 28.5 Å². The number of rotatable bonds is 3. The summed E-state index contributed by atoms with van der Waals surface area (Å²) in [5.41, 5.74) is 7.69. The number of amidine groups is 1. The van der Waals surface area contributed by atoms with Gasteiger partial charge < -0.3 is 10.2 Å². The van der Waals surface area contributed by atoms with Crippen LogP contribution < -0.4 is 10.7 Å². The molecule has 1 fully saturated rings. The van der Waals surface area contributed by atoms with Crippen molar-refractivity contribution in [2.75, 3.05) is 38.5 Å². The molecule has 1 saturated heterocycles. The summed E-state index contributed by atoms with van der Waals surface area (Å²) in [6.45, 7) is 4.26. The Bertz CT molecular complexity index is 1340. The number of benzene rings is 3. The fourth-order valence-corrected chi connectivity index (χ4v) is 4.74. The first-order chi connectivity index (χ1) is 16.8. The number of quaternary nitrogens is 1.